The molecular weight excluding hydrogens is 1980 g/mol. The van der Waals surface area contributed by atoms with Crippen LogP contribution in [0.3, 0.4) is 0 Å². The van der Waals surface area contributed by atoms with Gasteiger partial charge in [0.2, 0.25) is 118 Å². The number of hydrogen-bond donors (Lipinski definition) is 29. The second-order valence-electron chi connectivity index (χ2n) is 36.2. The highest BCUT2D eigenvalue weighted by Gasteiger charge is 2.42. The third-order valence-electron chi connectivity index (χ3n) is 24.0. The number of aliphatic carboxylic acids is 2. The molecule has 0 unspecified atom stereocenters. The molecule has 806 valence electrons. The molecule has 3 heterocycles. The lowest BCUT2D eigenvalue weighted by molar-refractivity contribution is -0.142. The predicted molar refractivity (Wildman–Crippen MR) is 546 cm³/mol. The van der Waals surface area contributed by atoms with Crippen molar-refractivity contribution in [1.82, 2.24) is 99.7 Å². The Labute approximate surface area is 866 Å². The minimum absolute atomic E-state index is 0.0558. The van der Waals surface area contributed by atoms with E-state index in [0.717, 1.165) is 0 Å². The van der Waals surface area contributed by atoms with E-state index >= 15 is 14.4 Å². The average Bonchev–Trinajstić information content (AvgIpc) is 1.69. The first-order valence-electron chi connectivity index (χ1n) is 48.0. The Balaban J connectivity index is 1.11. The second-order valence-corrected chi connectivity index (χ2v) is 36.9. The number of nitrogens with one attached hydrogen (secondary N) is 18. The summed E-state index contributed by atoms with van der Waals surface area (Å²) in [5, 5.41) is 58.1. The normalized spacial score (nSPS) is 14.6. The Morgan fingerprint density at radius 3 is 1.05 bits per heavy atom. The van der Waals surface area contributed by atoms with E-state index in [4.69, 9.17) is 40.1 Å². The number of carbonyl (C=O) groups excluding carboxylic acids is 20. The minimum Gasteiger partial charge on any atom is -0.481 e. The number of primary amides is 5. The molecule has 0 radical (unpaired) electrons. The molecule has 50 nitrogen and oxygen atoms in total. The summed E-state index contributed by atoms with van der Waals surface area (Å²) in [4.78, 5) is 319. The molecule has 7 aromatic rings. The summed E-state index contributed by atoms with van der Waals surface area (Å²) in [7, 11) is 0. The topological polar surface area (TPSA) is 839 Å². The molecule has 0 saturated heterocycles. The number of benzene rings is 4. The lowest BCUT2D eigenvalue weighted by atomic mass is 9.96. The van der Waals surface area contributed by atoms with Crippen molar-refractivity contribution in [2.45, 2.75) is 246 Å². The summed E-state index contributed by atoms with van der Waals surface area (Å²) >= 11 is 8.63. The van der Waals surface area contributed by atoms with Crippen LogP contribution < -0.4 is 120 Å². The molecule has 0 fully saturated rings. The Kier molecular flexibility index (Phi) is 48.6. The smallest absolute Gasteiger partial charge is 0.326 e. The zero-order chi connectivity index (χ0) is 110. The molecule has 0 spiro atoms. The quantitative estimate of drug-likeness (QED) is 0.0125. The van der Waals surface area contributed by atoms with Crippen molar-refractivity contribution in [3.8, 4) is 0 Å². The van der Waals surface area contributed by atoms with Crippen molar-refractivity contribution in [2.24, 2.45) is 52.0 Å². The van der Waals surface area contributed by atoms with Gasteiger partial charge in [-0.25, -0.2) is 9.78 Å². The molecule has 0 aliphatic carbocycles. The number of H-pyrrole nitrogens is 3. The van der Waals surface area contributed by atoms with Crippen LogP contribution in [-0.4, -0.2) is 275 Å². The maximum absolute atomic E-state index is 15.4. The number of amides is 20. The number of unbranched alkanes of at least 4 members (excludes halogenated alkanes) is 1. The van der Waals surface area contributed by atoms with Crippen LogP contribution >= 0.6 is 25.3 Å². The van der Waals surface area contributed by atoms with Gasteiger partial charge < -0.3 is 145 Å². The van der Waals surface area contributed by atoms with Gasteiger partial charge in [-0.2, -0.15) is 25.3 Å². The summed E-state index contributed by atoms with van der Waals surface area (Å²) in [6.45, 7) is 6.69. The summed E-state index contributed by atoms with van der Waals surface area (Å²) in [6, 6.07) is 2.73. The van der Waals surface area contributed by atoms with Crippen LogP contribution in [0.2, 0.25) is 0 Å². The number of carboxylic acids is 2. The number of rotatable bonds is 66. The van der Waals surface area contributed by atoms with Crippen LogP contribution in [0.25, 0.3) is 21.8 Å². The van der Waals surface area contributed by atoms with Crippen molar-refractivity contribution in [1.29, 1.82) is 0 Å². The van der Waals surface area contributed by atoms with Gasteiger partial charge in [-0.3, -0.25) is 101 Å². The van der Waals surface area contributed by atoms with Crippen molar-refractivity contribution in [3.63, 3.8) is 0 Å². The van der Waals surface area contributed by atoms with E-state index in [1.807, 2.05) is 0 Å². The van der Waals surface area contributed by atoms with E-state index in [2.05, 4.69) is 125 Å². The first-order chi connectivity index (χ1) is 70.8. The molecule has 0 aliphatic heterocycles. The highest BCUT2D eigenvalue weighted by molar-refractivity contribution is 7.80. The zero-order valence-corrected chi connectivity index (χ0v) is 84.2. The van der Waals surface area contributed by atoms with Crippen LogP contribution in [0.15, 0.2) is 134 Å². The molecule has 0 aliphatic rings. The third-order valence-corrected chi connectivity index (χ3v) is 24.7. The van der Waals surface area contributed by atoms with Crippen molar-refractivity contribution in [3.05, 3.63) is 162 Å². The molecule has 52 heteroatoms. The summed E-state index contributed by atoms with van der Waals surface area (Å²) in [6.07, 6.45) is -1.89. The fourth-order valence-electron chi connectivity index (χ4n) is 15.8. The Hall–Kier alpha value is -15.9. The third kappa shape index (κ3) is 39.8. The number of thiol groups is 2. The number of nitrogens with zero attached hydrogens (tertiary/aromatic N) is 1. The zero-order valence-electron chi connectivity index (χ0n) is 82.4. The first-order valence-corrected chi connectivity index (χ1v) is 49.3. The van der Waals surface area contributed by atoms with E-state index in [0.29, 0.717) is 49.8 Å². The van der Waals surface area contributed by atoms with Gasteiger partial charge in [0.15, 0.2) is 0 Å². The molecule has 0 saturated carbocycles. The van der Waals surface area contributed by atoms with Crippen molar-refractivity contribution in [2.75, 3.05) is 18.1 Å². The lowest BCUT2D eigenvalue weighted by Crippen LogP contribution is -2.62. The highest BCUT2D eigenvalue weighted by Crippen LogP contribution is 2.24. The number of para-hydroxylation sites is 2. The maximum atomic E-state index is 15.4. The minimum atomic E-state index is -2.04. The summed E-state index contributed by atoms with van der Waals surface area (Å²) in [5.41, 5.74) is 43.0. The standard InChI is InChI=1S/C97H132N26O24S2/c1-5-50(4)81(123-93(142)69(113-82(131)58(99)40-80(129)130)38-54-44-107-60-25-15-13-23-57(54)60)96(145)122-74(47-149)95(144)119-71(42-79(104)128)92(141)114-65(34-49(2)3)87(136)115-66(35-51-18-8-6-9-19-51)88(137)109-61(26-16-17-33-98)83(132)118-70(41-78(103)127)91(140)111-63(28-31-76(101)125)85(134)117-68(37-53-43-106-59-24-14-12-22-56(53)59)90(139)116-67(36-52-20-10-7-11-21-52)89(138)121-73(46-148)94(143)112-62(27-30-75(100)124)84(133)110-64(29-32-77(102)126)86(135)120-72(97(146)147)39-55-45-105-48-108-55/h6-15,18-25,43-45,48-50,58,61-74,81,106-107,148-149H,5,16-17,26-42,46-47,98-99H2,1-4H3,(H2,100,124)(H2,101,125)(H2,102,126)(H2,103,127)(H2,104,128)(H,105,108)(H,109,137)(H,110,133)(H,111,140)(H,112,143)(H,113,131)(H,114,141)(H,115,136)(H,116,139)(H,117,134)(H,118,132)(H,119,144)(H,120,135)(H,121,138)(H,122,145)(H,123,142)(H,129,130)(H,146,147)/t50-,58-,61-,62-,63-,64-,65-,66-,67-,68-,69-,70-,71-,72-,73-,74-,81-/m0/s1. The van der Waals surface area contributed by atoms with Crippen LogP contribution in [-0.2, 0) is 138 Å². The molecule has 0 bridgehead atoms. The van der Waals surface area contributed by atoms with Crippen LogP contribution in [0.4, 0.5) is 0 Å². The molecule has 3 aromatic heterocycles. The first kappa shape index (κ1) is 120. The number of carbonyl (C=O) groups is 22. The van der Waals surface area contributed by atoms with E-state index in [9.17, 15) is 101 Å². The van der Waals surface area contributed by atoms with E-state index in [1.165, 1.54) is 18.7 Å². The number of carboxylic acid groups (broad SMARTS) is 2. The second kappa shape index (κ2) is 60.3. The molecular formula is C97H132N26O24S2. The Bertz CT molecular complexity index is 5860. The number of nitrogens with two attached hydrogens (primary N) is 7. The monoisotopic (exact) mass is 2110 g/mol. The SMILES string of the molecule is CC[C@H](C)[C@H](NC(=O)[C@H](Cc1c[nH]c2ccccc12)NC(=O)[C@@H](N)CC(=O)O)C(=O)N[C@@H](CS)C(=O)N[C@@H](CC(N)=O)C(=O)N[C@@H](CC(C)C)C(=O)N[C@@H](Cc1ccccc1)C(=O)N[C@@H](CCCCN)C(=O)N[C@@H](CC(N)=O)C(=O)N[C@@H](CCC(N)=O)C(=O)N[C@@H](Cc1c[nH]c2ccccc12)C(=O)N[C@@H](Cc1ccccc1)C(=O)N[C@@H](CS)C(=O)N[C@@H](CCC(N)=O)C(=O)N[C@@H](CCC(N)=O)C(=O)N[C@@H](Cc1cnc[nH]1)C(=O)O. The largest absolute Gasteiger partial charge is 0.481 e. The molecule has 7 rings (SSSR count). The molecule has 149 heavy (non-hydrogen) atoms. The average molecular weight is 2110 g/mol. The number of aromatic amines is 3. The fraction of sp³-hybridized carbons (Fsp3) is 0.454. The highest BCUT2D eigenvalue weighted by atomic mass is 32.1. The van der Waals surface area contributed by atoms with Gasteiger partial charge in [0.1, 0.15) is 90.6 Å². The van der Waals surface area contributed by atoms with Gasteiger partial charge in [0, 0.05) is 109 Å². The van der Waals surface area contributed by atoms with Gasteiger partial charge in [-0.15, -0.1) is 0 Å². The van der Waals surface area contributed by atoms with Gasteiger partial charge in [-0.1, -0.05) is 131 Å². The number of aromatic nitrogens is 4. The Morgan fingerprint density at radius 1 is 0.349 bits per heavy atom. The molecule has 34 N–H and O–H groups in total. The summed E-state index contributed by atoms with van der Waals surface area (Å²) < 4.78 is 0. The maximum Gasteiger partial charge on any atom is 0.326 e. The van der Waals surface area contributed by atoms with Crippen LogP contribution in [0, 0.1) is 11.8 Å². The van der Waals surface area contributed by atoms with Crippen LogP contribution in [0.5, 0.6) is 0 Å². The van der Waals surface area contributed by atoms with Crippen molar-refractivity contribution < 1.29 is 116 Å². The molecule has 17 atom stereocenters. The fourth-order valence-corrected chi connectivity index (χ4v) is 16.3. The predicted octanol–water partition coefficient (Wildman–Crippen LogP) is -5.33. The summed E-state index contributed by atoms with van der Waals surface area (Å²) in [5.74, 6) is -26.8. The van der Waals surface area contributed by atoms with Crippen LogP contribution in [0.1, 0.15) is 146 Å². The van der Waals surface area contributed by atoms with Crippen molar-refractivity contribution >= 4 is 177 Å². The molecule has 20 amide bonds. The van der Waals surface area contributed by atoms with E-state index in [-0.39, 0.29) is 64.3 Å². The Morgan fingerprint density at radius 2 is 0.678 bits per heavy atom. The van der Waals surface area contributed by atoms with Gasteiger partial charge in [-0.05, 0) is 97.7 Å². The molecule has 4 aromatic carbocycles. The van der Waals surface area contributed by atoms with E-state index < -0.39 is 314 Å². The number of fused-ring (bicyclic) bond motifs is 2. The van der Waals surface area contributed by atoms with Gasteiger partial charge >= 0.3 is 11.9 Å². The van der Waals surface area contributed by atoms with E-state index in [1.54, 1.807) is 143 Å². The lowest BCUT2D eigenvalue weighted by Gasteiger charge is -2.29. The van der Waals surface area contributed by atoms with Gasteiger partial charge in [0.05, 0.1) is 31.6 Å². The number of hydrogen-bond acceptors (Lipinski definition) is 27. The van der Waals surface area contributed by atoms with Gasteiger partial charge in [0.25, 0.3) is 0 Å². The number of imidazole rings is 1.